The number of morpholine rings is 1. The highest BCUT2D eigenvalue weighted by molar-refractivity contribution is 5.96. The molecular weight excluding hydrogens is 568 g/mol. The normalized spacial score (nSPS) is 17.2. The molecule has 0 saturated carbocycles. The Hall–Kier alpha value is -4.45. The summed E-state index contributed by atoms with van der Waals surface area (Å²) in [6.07, 6.45) is 2.88. The van der Waals surface area contributed by atoms with E-state index in [-0.39, 0.29) is 36.8 Å². The van der Waals surface area contributed by atoms with Gasteiger partial charge in [-0.25, -0.2) is 13.6 Å². The van der Waals surface area contributed by atoms with E-state index in [0.717, 1.165) is 28.1 Å². The zero-order valence-electron chi connectivity index (χ0n) is 24.1. The molecule has 0 unspecified atom stereocenters. The number of carbonyl (C=O) groups is 2. The molecule has 3 aromatic carbocycles. The third kappa shape index (κ3) is 8.34. The van der Waals surface area contributed by atoms with Crippen LogP contribution in [-0.2, 0) is 33.7 Å². The quantitative estimate of drug-likeness (QED) is 0.202. The molecule has 9 nitrogen and oxygen atoms in total. The van der Waals surface area contributed by atoms with Gasteiger partial charge in [-0.05, 0) is 53.3 Å². The van der Waals surface area contributed by atoms with Crippen molar-refractivity contribution in [2.75, 3.05) is 25.1 Å². The fraction of sp³-hybridized carbons (Fsp3) is 0.303. The molecule has 1 aliphatic rings. The summed E-state index contributed by atoms with van der Waals surface area (Å²) < 4.78 is 39.0. The number of amides is 2. The summed E-state index contributed by atoms with van der Waals surface area (Å²) >= 11 is 0. The maximum absolute atomic E-state index is 14.8. The van der Waals surface area contributed by atoms with Crippen molar-refractivity contribution in [2.45, 2.75) is 44.0 Å². The SMILES string of the molecule is N[C@@H](Cc1cccc2ccccc12)C(=O)Nc1cncc(F)c1CC[C@@H]1CN[C@H](COC(=O)NCc2ccc(F)cc2)CO1. The van der Waals surface area contributed by atoms with E-state index < -0.39 is 23.9 Å². The molecule has 2 heterocycles. The average Bonchev–Trinajstić information content (AvgIpc) is 3.04. The molecule has 1 aromatic heterocycles. The molecule has 5 rings (SSSR count). The summed E-state index contributed by atoms with van der Waals surface area (Å²) in [6.45, 7) is 1.12. The summed E-state index contributed by atoms with van der Waals surface area (Å²) in [5.74, 6) is -1.29. The van der Waals surface area contributed by atoms with Crippen LogP contribution in [0.5, 0.6) is 0 Å². The molecule has 0 spiro atoms. The minimum atomic E-state index is -0.841. The highest BCUT2D eigenvalue weighted by Gasteiger charge is 2.24. The number of halogens is 2. The van der Waals surface area contributed by atoms with Crippen molar-refractivity contribution in [1.29, 1.82) is 0 Å². The Morgan fingerprint density at radius 1 is 1.07 bits per heavy atom. The number of fused-ring (bicyclic) bond motifs is 1. The van der Waals surface area contributed by atoms with Crippen molar-refractivity contribution < 1.29 is 27.8 Å². The van der Waals surface area contributed by atoms with Crippen LogP contribution in [0.4, 0.5) is 19.3 Å². The first-order valence-corrected chi connectivity index (χ1v) is 14.5. The number of alkyl carbamates (subject to hydrolysis) is 1. The standard InChI is InChI=1S/C33H35F2N5O4/c34-24-10-8-21(9-11-24)15-39-33(42)44-20-25-19-43-26(16-38-25)12-13-28-29(35)17-37-18-31(28)40-32(41)30(36)14-23-6-3-5-22-4-1-2-7-27(22)23/h1-11,17-18,25-26,30,38H,12-16,19-20,36H2,(H,39,42)(H,40,41)/t25-,26+,30-/m0/s1. The molecule has 230 valence electrons. The molecule has 2 amide bonds. The Bertz CT molecular complexity index is 1570. The number of rotatable bonds is 11. The number of nitrogens with two attached hydrogens (primary N) is 1. The molecule has 3 atom stereocenters. The van der Waals surface area contributed by atoms with Gasteiger partial charge in [-0.15, -0.1) is 0 Å². The van der Waals surface area contributed by atoms with E-state index in [1.165, 1.54) is 18.3 Å². The van der Waals surface area contributed by atoms with Gasteiger partial charge in [0.2, 0.25) is 5.91 Å². The second-order valence-corrected chi connectivity index (χ2v) is 10.8. The lowest BCUT2D eigenvalue weighted by Crippen LogP contribution is -2.49. The second-order valence-electron chi connectivity index (χ2n) is 10.8. The zero-order chi connectivity index (χ0) is 30.9. The summed E-state index contributed by atoms with van der Waals surface area (Å²) in [5.41, 5.74) is 8.59. The molecule has 0 aliphatic carbocycles. The van der Waals surface area contributed by atoms with Crippen molar-refractivity contribution in [1.82, 2.24) is 15.6 Å². The Labute approximate surface area is 254 Å². The molecule has 44 heavy (non-hydrogen) atoms. The highest BCUT2D eigenvalue weighted by Crippen LogP contribution is 2.23. The maximum Gasteiger partial charge on any atom is 0.407 e. The average molecular weight is 604 g/mol. The summed E-state index contributed by atoms with van der Waals surface area (Å²) in [7, 11) is 0. The number of aromatic nitrogens is 1. The van der Waals surface area contributed by atoms with Gasteiger partial charge in [0.1, 0.15) is 18.2 Å². The van der Waals surface area contributed by atoms with Gasteiger partial charge in [0.25, 0.3) is 0 Å². The van der Waals surface area contributed by atoms with Crippen LogP contribution in [0.25, 0.3) is 10.8 Å². The third-order valence-corrected chi connectivity index (χ3v) is 7.57. The van der Waals surface area contributed by atoms with E-state index in [2.05, 4.69) is 20.9 Å². The first-order chi connectivity index (χ1) is 21.4. The lowest BCUT2D eigenvalue weighted by molar-refractivity contribution is -0.117. The van der Waals surface area contributed by atoms with Gasteiger partial charge in [-0.2, -0.15) is 0 Å². The molecular formula is C33H35F2N5O4. The highest BCUT2D eigenvalue weighted by atomic mass is 19.1. The van der Waals surface area contributed by atoms with Crippen molar-refractivity contribution >= 4 is 28.5 Å². The number of hydrogen-bond donors (Lipinski definition) is 4. The first kappa shape index (κ1) is 31.0. The third-order valence-electron chi connectivity index (χ3n) is 7.57. The van der Waals surface area contributed by atoms with Gasteiger partial charge >= 0.3 is 6.09 Å². The van der Waals surface area contributed by atoms with Crippen LogP contribution in [0.15, 0.2) is 79.1 Å². The van der Waals surface area contributed by atoms with Crippen LogP contribution in [0.3, 0.4) is 0 Å². The predicted molar refractivity (Wildman–Crippen MR) is 163 cm³/mol. The number of ether oxygens (including phenoxy) is 2. The van der Waals surface area contributed by atoms with Crippen LogP contribution < -0.4 is 21.7 Å². The molecule has 0 bridgehead atoms. The van der Waals surface area contributed by atoms with Crippen LogP contribution in [-0.4, -0.2) is 54.9 Å². The van der Waals surface area contributed by atoms with Crippen LogP contribution >= 0.6 is 0 Å². The first-order valence-electron chi connectivity index (χ1n) is 14.5. The van der Waals surface area contributed by atoms with Gasteiger partial charge < -0.3 is 31.2 Å². The number of nitrogens with one attached hydrogen (secondary N) is 3. The Balaban J connectivity index is 1.07. The van der Waals surface area contributed by atoms with Gasteiger partial charge in [0, 0.05) is 18.7 Å². The minimum Gasteiger partial charge on any atom is -0.448 e. The fourth-order valence-electron chi connectivity index (χ4n) is 5.12. The summed E-state index contributed by atoms with van der Waals surface area (Å²) in [5, 5.41) is 10.8. The van der Waals surface area contributed by atoms with E-state index in [4.69, 9.17) is 15.2 Å². The Morgan fingerprint density at radius 2 is 1.86 bits per heavy atom. The van der Waals surface area contributed by atoms with Crippen LogP contribution in [0.1, 0.15) is 23.1 Å². The smallest absolute Gasteiger partial charge is 0.407 e. The van der Waals surface area contributed by atoms with Crippen LogP contribution in [0, 0.1) is 11.6 Å². The Kier molecular flexibility index (Phi) is 10.4. The molecule has 5 N–H and O–H groups in total. The van der Waals surface area contributed by atoms with E-state index >= 15 is 0 Å². The largest absolute Gasteiger partial charge is 0.448 e. The van der Waals surface area contributed by atoms with Gasteiger partial charge in [-0.1, -0.05) is 54.6 Å². The predicted octanol–water partition coefficient (Wildman–Crippen LogP) is 4.24. The van der Waals surface area contributed by atoms with Gasteiger partial charge in [0.15, 0.2) is 0 Å². The minimum absolute atomic E-state index is 0.107. The molecule has 1 fully saturated rings. The summed E-state index contributed by atoms with van der Waals surface area (Å²) in [4.78, 5) is 29.0. The number of hydrogen-bond acceptors (Lipinski definition) is 7. The molecule has 4 aromatic rings. The second kappa shape index (κ2) is 14.8. The lowest BCUT2D eigenvalue weighted by atomic mass is 9.98. The number of benzene rings is 3. The molecule has 0 radical (unpaired) electrons. The van der Waals surface area contributed by atoms with Crippen molar-refractivity contribution in [3.05, 3.63) is 107 Å². The number of nitrogens with zero attached hydrogens (tertiary/aromatic N) is 1. The van der Waals surface area contributed by atoms with Crippen molar-refractivity contribution in [3.63, 3.8) is 0 Å². The summed E-state index contributed by atoms with van der Waals surface area (Å²) in [6, 6.07) is 18.6. The lowest BCUT2D eigenvalue weighted by Gasteiger charge is -2.30. The van der Waals surface area contributed by atoms with Gasteiger partial charge in [-0.3, -0.25) is 9.78 Å². The van der Waals surface area contributed by atoms with Gasteiger partial charge in [0.05, 0.1) is 42.9 Å². The number of anilines is 1. The molecule has 1 saturated heterocycles. The van der Waals surface area contributed by atoms with Crippen molar-refractivity contribution in [2.24, 2.45) is 5.73 Å². The fourth-order valence-corrected chi connectivity index (χ4v) is 5.12. The molecule has 1 aliphatic heterocycles. The number of carbonyl (C=O) groups excluding carboxylic acids is 2. The van der Waals surface area contributed by atoms with Crippen LogP contribution in [0.2, 0.25) is 0 Å². The topological polar surface area (TPSA) is 128 Å². The van der Waals surface area contributed by atoms with E-state index in [1.807, 2.05) is 42.5 Å². The molecule has 11 heteroatoms. The monoisotopic (exact) mass is 603 g/mol. The zero-order valence-corrected chi connectivity index (χ0v) is 24.1. The van der Waals surface area contributed by atoms with Crippen molar-refractivity contribution in [3.8, 4) is 0 Å². The maximum atomic E-state index is 14.8. The Morgan fingerprint density at radius 3 is 2.66 bits per heavy atom. The van der Waals surface area contributed by atoms with E-state index in [1.54, 1.807) is 12.1 Å². The number of pyridine rings is 1. The van der Waals surface area contributed by atoms with E-state index in [0.29, 0.717) is 38.0 Å². The van der Waals surface area contributed by atoms with E-state index in [9.17, 15) is 18.4 Å².